The third kappa shape index (κ3) is 2.55. The number of benzene rings is 2. The highest BCUT2D eigenvalue weighted by atomic mass is 14.9. The fraction of sp³-hybridized carbons (Fsp3) is 0.300. The predicted molar refractivity (Wildman–Crippen MR) is 93.2 cm³/mol. The molecule has 1 fully saturated rings. The molecule has 2 aromatic carbocycles. The Morgan fingerprint density at radius 3 is 2.82 bits per heavy atom. The van der Waals surface area contributed by atoms with E-state index in [2.05, 4.69) is 65.9 Å². The lowest BCUT2D eigenvalue weighted by molar-refractivity contribution is 0.605. The van der Waals surface area contributed by atoms with Gasteiger partial charge in [0.25, 0.3) is 0 Å². The molecule has 3 aromatic rings. The molecule has 1 saturated heterocycles. The summed E-state index contributed by atoms with van der Waals surface area (Å²) in [6.07, 6.45) is 5.91. The second kappa shape index (κ2) is 5.62. The minimum absolute atomic E-state index is 0.640. The van der Waals surface area contributed by atoms with E-state index < -0.39 is 0 Å². The summed E-state index contributed by atoms with van der Waals surface area (Å²) in [7, 11) is 0. The van der Waals surface area contributed by atoms with Crippen LogP contribution < -0.4 is 5.32 Å². The molecule has 0 amide bonds. The van der Waals surface area contributed by atoms with Gasteiger partial charge in [0.2, 0.25) is 0 Å². The van der Waals surface area contributed by atoms with Gasteiger partial charge in [-0.1, -0.05) is 35.9 Å². The third-order valence-electron chi connectivity index (χ3n) is 4.75. The first-order valence-electron chi connectivity index (χ1n) is 8.20. The molecule has 1 aliphatic rings. The maximum Gasteiger partial charge on any atom is 0.0457 e. The number of rotatable bonds is 3. The van der Waals surface area contributed by atoms with Crippen LogP contribution in [0.15, 0.2) is 48.7 Å². The van der Waals surface area contributed by atoms with E-state index in [1.54, 1.807) is 0 Å². The number of aromatic amines is 1. The molecule has 2 heterocycles. The molecule has 0 saturated carbocycles. The van der Waals surface area contributed by atoms with Crippen LogP contribution in [0.4, 0.5) is 0 Å². The number of nitrogens with one attached hydrogen (secondary N) is 2. The van der Waals surface area contributed by atoms with Gasteiger partial charge in [0.1, 0.15) is 0 Å². The normalized spacial score (nSPS) is 18.1. The lowest BCUT2D eigenvalue weighted by Gasteiger charge is -2.09. The zero-order valence-corrected chi connectivity index (χ0v) is 13.0. The summed E-state index contributed by atoms with van der Waals surface area (Å²) in [5.74, 6) is 0. The number of hydrogen-bond donors (Lipinski definition) is 2. The van der Waals surface area contributed by atoms with Crippen molar-refractivity contribution in [2.75, 3.05) is 6.54 Å². The first-order valence-corrected chi connectivity index (χ1v) is 8.20. The molecular weight excluding hydrogens is 268 g/mol. The van der Waals surface area contributed by atoms with Gasteiger partial charge in [-0.25, -0.2) is 0 Å². The molecule has 2 nitrogen and oxygen atoms in total. The average Bonchev–Trinajstić information content (AvgIpc) is 3.18. The quantitative estimate of drug-likeness (QED) is 0.733. The van der Waals surface area contributed by atoms with E-state index in [0.29, 0.717) is 6.04 Å². The van der Waals surface area contributed by atoms with Crippen molar-refractivity contribution in [3.63, 3.8) is 0 Å². The minimum atomic E-state index is 0.640. The molecule has 22 heavy (non-hydrogen) atoms. The molecule has 2 heteroatoms. The van der Waals surface area contributed by atoms with Crippen molar-refractivity contribution in [2.45, 2.75) is 32.2 Å². The smallest absolute Gasteiger partial charge is 0.0457 e. The summed E-state index contributed by atoms with van der Waals surface area (Å²) in [6.45, 7) is 3.32. The summed E-state index contributed by atoms with van der Waals surface area (Å²) >= 11 is 0. The van der Waals surface area contributed by atoms with Crippen molar-refractivity contribution < 1.29 is 0 Å². The lowest BCUT2D eigenvalue weighted by atomic mass is 9.99. The summed E-state index contributed by atoms with van der Waals surface area (Å²) in [5, 5.41) is 4.97. The Balaban J connectivity index is 1.72. The molecule has 0 bridgehead atoms. The molecule has 4 rings (SSSR count). The molecule has 0 radical (unpaired) electrons. The molecular formula is C20H22N2. The zero-order valence-electron chi connectivity index (χ0n) is 13.0. The molecule has 0 aliphatic carbocycles. The van der Waals surface area contributed by atoms with E-state index in [1.807, 2.05) is 0 Å². The van der Waals surface area contributed by atoms with Gasteiger partial charge in [-0.3, -0.25) is 0 Å². The highest BCUT2D eigenvalue weighted by Gasteiger charge is 2.16. The van der Waals surface area contributed by atoms with Crippen LogP contribution in [0.2, 0.25) is 0 Å². The molecule has 0 unspecified atom stereocenters. The van der Waals surface area contributed by atoms with Crippen LogP contribution in [-0.4, -0.2) is 17.6 Å². The largest absolute Gasteiger partial charge is 0.361 e. The highest BCUT2D eigenvalue weighted by Crippen LogP contribution is 2.28. The van der Waals surface area contributed by atoms with Crippen molar-refractivity contribution >= 4 is 10.9 Å². The van der Waals surface area contributed by atoms with Gasteiger partial charge in [-0.15, -0.1) is 0 Å². The van der Waals surface area contributed by atoms with Gasteiger partial charge in [-0.05, 0) is 61.6 Å². The molecule has 1 atom stereocenters. The monoisotopic (exact) mass is 290 g/mol. The first kappa shape index (κ1) is 13.6. The number of fused-ring (bicyclic) bond motifs is 1. The second-order valence-corrected chi connectivity index (χ2v) is 6.44. The Morgan fingerprint density at radius 1 is 1.09 bits per heavy atom. The summed E-state index contributed by atoms with van der Waals surface area (Å²) in [6, 6.07) is 16.1. The topological polar surface area (TPSA) is 27.8 Å². The Kier molecular flexibility index (Phi) is 3.47. The average molecular weight is 290 g/mol. The van der Waals surface area contributed by atoms with E-state index in [1.165, 1.54) is 52.5 Å². The summed E-state index contributed by atoms with van der Waals surface area (Å²) in [4.78, 5) is 3.42. The molecule has 1 aliphatic heterocycles. The molecule has 1 aromatic heterocycles. The predicted octanol–water partition coefficient (Wildman–Crippen LogP) is 4.44. The first-order chi connectivity index (χ1) is 10.8. The Hall–Kier alpha value is -2.06. The van der Waals surface area contributed by atoms with Crippen LogP contribution in [0.5, 0.6) is 0 Å². The van der Waals surface area contributed by atoms with Crippen LogP contribution in [0.1, 0.15) is 24.0 Å². The van der Waals surface area contributed by atoms with Crippen LogP contribution >= 0.6 is 0 Å². The van der Waals surface area contributed by atoms with Gasteiger partial charge in [0, 0.05) is 23.1 Å². The van der Waals surface area contributed by atoms with Crippen LogP contribution in [0.3, 0.4) is 0 Å². The Labute approximate surface area is 131 Å². The van der Waals surface area contributed by atoms with Gasteiger partial charge in [0.05, 0.1) is 0 Å². The highest BCUT2D eigenvalue weighted by molar-refractivity contribution is 5.88. The van der Waals surface area contributed by atoms with Gasteiger partial charge in [0.15, 0.2) is 0 Å². The molecule has 112 valence electrons. The lowest BCUT2D eigenvalue weighted by Crippen LogP contribution is -2.23. The minimum Gasteiger partial charge on any atom is -0.361 e. The maximum atomic E-state index is 3.60. The molecule has 0 spiro atoms. The number of H-pyrrole nitrogens is 1. The van der Waals surface area contributed by atoms with Crippen LogP contribution in [0, 0.1) is 6.92 Å². The van der Waals surface area contributed by atoms with Gasteiger partial charge in [-0.2, -0.15) is 0 Å². The van der Waals surface area contributed by atoms with Crippen LogP contribution in [-0.2, 0) is 6.42 Å². The number of aromatic nitrogens is 1. The number of hydrogen-bond acceptors (Lipinski definition) is 1. The fourth-order valence-electron chi connectivity index (χ4n) is 3.55. The third-order valence-corrected chi connectivity index (χ3v) is 4.75. The summed E-state index contributed by atoms with van der Waals surface area (Å²) < 4.78 is 0. The van der Waals surface area contributed by atoms with E-state index in [0.717, 1.165) is 6.42 Å². The van der Waals surface area contributed by atoms with Crippen molar-refractivity contribution in [3.8, 4) is 11.1 Å². The van der Waals surface area contributed by atoms with Crippen LogP contribution in [0.25, 0.3) is 22.0 Å². The second-order valence-electron chi connectivity index (χ2n) is 6.44. The van der Waals surface area contributed by atoms with E-state index in [4.69, 9.17) is 0 Å². The maximum absolute atomic E-state index is 3.60. The van der Waals surface area contributed by atoms with Crippen molar-refractivity contribution in [1.82, 2.24) is 10.3 Å². The molecule has 2 N–H and O–H groups in total. The van der Waals surface area contributed by atoms with E-state index in [-0.39, 0.29) is 0 Å². The van der Waals surface area contributed by atoms with Gasteiger partial charge < -0.3 is 10.3 Å². The van der Waals surface area contributed by atoms with E-state index >= 15 is 0 Å². The SMILES string of the molecule is Cc1cccc(-c2ccc3[nH]cc(C[C@H]4CCCN4)c3c2)c1. The van der Waals surface area contributed by atoms with Crippen molar-refractivity contribution in [3.05, 3.63) is 59.8 Å². The number of aryl methyl sites for hydroxylation is 1. The Bertz CT molecular complexity index is 794. The fourth-order valence-corrected chi connectivity index (χ4v) is 3.55. The zero-order chi connectivity index (χ0) is 14.9. The van der Waals surface area contributed by atoms with Crippen molar-refractivity contribution in [2.24, 2.45) is 0 Å². The van der Waals surface area contributed by atoms with Crippen molar-refractivity contribution in [1.29, 1.82) is 0 Å². The standard InChI is InChI=1S/C20H22N2/c1-14-4-2-5-15(10-14)16-7-8-20-19(12-16)17(13-22-20)11-18-6-3-9-21-18/h2,4-5,7-8,10,12-13,18,21-22H,3,6,9,11H2,1H3/t18-/m1/s1. The summed E-state index contributed by atoms with van der Waals surface area (Å²) in [5.41, 5.74) is 6.58. The Morgan fingerprint density at radius 2 is 2.00 bits per heavy atom. The van der Waals surface area contributed by atoms with E-state index in [9.17, 15) is 0 Å². The van der Waals surface area contributed by atoms with Gasteiger partial charge >= 0.3 is 0 Å².